The Labute approximate surface area is 91.8 Å². The smallest absolute Gasteiger partial charge is 0.269 e. The van der Waals surface area contributed by atoms with Gasteiger partial charge >= 0.3 is 0 Å². The van der Waals surface area contributed by atoms with Crippen LogP contribution in [0.25, 0.3) is 10.8 Å². The number of rotatable bonds is 2. The second-order valence-electron chi connectivity index (χ2n) is 2.25. The molecule has 68 valence electrons. The molecule has 0 aromatic carbocycles. The van der Waals surface area contributed by atoms with Crippen LogP contribution in [0, 0.1) is 0 Å². The van der Waals surface area contributed by atoms with Gasteiger partial charge in [0.05, 0.1) is 5.88 Å². The number of hydrogen-bond donors (Lipinski definition) is 0. The SMILES string of the molecule is ClCc1noc(-c2sccc2Br)n1. The quantitative estimate of drug-likeness (QED) is 0.792. The fraction of sp³-hybridized carbons (Fsp3) is 0.143. The number of nitrogens with zero attached hydrogens (tertiary/aromatic N) is 2. The summed E-state index contributed by atoms with van der Waals surface area (Å²) in [4.78, 5) is 5.04. The molecule has 0 saturated carbocycles. The highest BCUT2D eigenvalue weighted by molar-refractivity contribution is 9.10. The van der Waals surface area contributed by atoms with Crippen LogP contribution in [0.4, 0.5) is 0 Å². The molecule has 0 aliphatic heterocycles. The average molecular weight is 280 g/mol. The van der Waals surface area contributed by atoms with Crippen molar-refractivity contribution in [1.82, 2.24) is 10.1 Å². The summed E-state index contributed by atoms with van der Waals surface area (Å²) in [5.41, 5.74) is 0. The van der Waals surface area contributed by atoms with Gasteiger partial charge in [0.15, 0.2) is 5.82 Å². The highest BCUT2D eigenvalue weighted by Gasteiger charge is 2.12. The molecule has 2 aromatic rings. The standard InChI is InChI=1S/C7H4BrClN2OS/c8-4-1-2-13-6(4)7-10-5(3-9)11-12-7/h1-2H,3H2. The van der Waals surface area contributed by atoms with Gasteiger partial charge in [-0.25, -0.2) is 0 Å². The number of aromatic nitrogens is 2. The first kappa shape index (κ1) is 9.18. The van der Waals surface area contributed by atoms with Gasteiger partial charge in [-0.05, 0) is 27.4 Å². The summed E-state index contributed by atoms with van der Waals surface area (Å²) in [6.45, 7) is 0. The maximum Gasteiger partial charge on any atom is 0.269 e. The van der Waals surface area contributed by atoms with Crippen molar-refractivity contribution < 1.29 is 4.52 Å². The normalized spacial score (nSPS) is 10.6. The van der Waals surface area contributed by atoms with Crippen LogP contribution in [0.3, 0.4) is 0 Å². The molecule has 2 aromatic heterocycles. The summed E-state index contributed by atoms with van der Waals surface area (Å²) < 4.78 is 5.98. The lowest BCUT2D eigenvalue weighted by atomic mass is 10.5. The lowest BCUT2D eigenvalue weighted by Crippen LogP contribution is -1.79. The summed E-state index contributed by atoms with van der Waals surface area (Å²) in [7, 11) is 0. The van der Waals surface area contributed by atoms with Gasteiger partial charge in [0.25, 0.3) is 5.89 Å². The van der Waals surface area contributed by atoms with Crippen LogP contribution in [-0.2, 0) is 5.88 Å². The number of hydrogen-bond acceptors (Lipinski definition) is 4. The van der Waals surface area contributed by atoms with E-state index in [2.05, 4.69) is 26.1 Å². The Hall–Kier alpha value is -0.390. The largest absolute Gasteiger partial charge is 0.333 e. The Morgan fingerprint density at radius 1 is 1.62 bits per heavy atom. The minimum atomic E-state index is 0.270. The van der Waals surface area contributed by atoms with E-state index in [1.54, 1.807) is 11.3 Å². The fourth-order valence-electron chi connectivity index (χ4n) is 0.847. The van der Waals surface area contributed by atoms with Crippen molar-refractivity contribution in [1.29, 1.82) is 0 Å². The molecule has 0 aliphatic rings. The molecule has 0 spiro atoms. The Morgan fingerprint density at radius 3 is 3.00 bits per heavy atom. The van der Waals surface area contributed by atoms with Gasteiger partial charge in [-0.1, -0.05) is 5.16 Å². The van der Waals surface area contributed by atoms with Crippen molar-refractivity contribution in [3.8, 4) is 10.8 Å². The van der Waals surface area contributed by atoms with E-state index < -0.39 is 0 Å². The molecule has 13 heavy (non-hydrogen) atoms. The van der Waals surface area contributed by atoms with Crippen molar-refractivity contribution in [2.24, 2.45) is 0 Å². The summed E-state index contributed by atoms with van der Waals surface area (Å²) in [5, 5.41) is 5.65. The van der Waals surface area contributed by atoms with Gasteiger partial charge in [-0.2, -0.15) is 4.98 Å². The van der Waals surface area contributed by atoms with Crippen molar-refractivity contribution in [3.05, 3.63) is 21.7 Å². The van der Waals surface area contributed by atoms with Gasteiger partial charge in [-0.15, -0.1) is 22.9 Å². The second-order valence-corrected chi connectivity index (χ2v) is 4.28. The van der Waals surface area contributed by atoms with Gasteiger partial charge in [0, 0.05) is 4.47 Å². The van der Waals surface area contributed by atoms with Crippen LogP contribution in [0.15, 0.2) is 20.4 Å². The topological polar surface area (TPSA) is 38.9 Å². The third-order valence-corrected chi connectivity index (χ3v) is 3.46. The van der Waals surface area contributed by atoms with E-state index in [1.807, 2.05) is 11.4 Å². The van der Waals surface area contributed by atoms with E-state index in [4.69, 9.17) is 16.1 Å². The van der Waals surface area contributed by atoms with Crippen LogP contribution >= 0.6 is 38.9 Å². The summed E-state index contributed by atoms with van der Waals surface area (Å²) in [6.07, 6.45) is 0. The molecule has 6 heteroatoms. The first-order valence-electron chi connectivity index (χ1n) is 3.43. The molecule has 2 rings (SSSR count). The first-order valence-corrected chi connectivity index (χ1v) is 5.64. The van der Waals surface area contributed by atoms with E-state index in [-0.39, 0.29) is 5.88 Å². The fourth-order valence-corrected chi connectivity index (χ4v) is 2.42. The van der Waals surface area contributed by atoms with Crippen molar-refractivity contribution in [2.45, 2.75) is 5.88 Å². The molecule has 0 aliphatic carbocycles. The molecule has 3 nitrogen and oxygen atoms in total. The predicted molar refractivity (Wildman–Crippen MR) is 54.9 cm³/mol. The van der Waals surface area contributed by atoms with Gasteiger partial charge in [-0.3, -0.25) is 0 Å². The van der Waals surface area contributed by atoms with E-state index >= 15 is 0 Å². The molecule has 0 atom stereocenters. The number of thiophene rings is 1. The lowest BCUT2D eigenvalue weighted by molar-refractivity contribution is 0.425. The van der Waals surface area contributed by atoms with Crippen LogP contribution in [0.5, 0.6) is 0 Å². The van der Waals surface area contributed by atoms with Gasteiger partial charge in [0.1, 0.15) is 4.88 Å². The zero-order valence-electron chi connectivity index (χ0n) is 6.33. The minimum absolute atomic E-state index is 0.270. The number of halogens is 2. The first-order chi connectivity index (χ1) is 6.31. The molecule has 0 fully saturated rings. The lowest BCUT2D eigenvalue weighted by Gasteiger charge is -1.86. The third-order valence-electron chi connectivity index (χ3n) is 1.40. The van der Waals surface area contributed by atoms with Gasteiger partial charge < -0.3 is 4.52 Å². The molecular weight excluding hydrogens is 276 g/mol. The Morgan fingerprint density at radius 2 is 2.46 bits per heavy atom. The Kier molecular flexibility index (Phi) is 2.66. The molecule has 0 saturated heterocycles. The maximum absolute atomic E-state index is 5.55. The zero-order valence-corrected chi connectivity index (χ0v) is 9.49. The molecule has 0 unspecified atom stereocenters. The van der Waals surface area contributed by atoms with E-state index in [0.29, 0.717) is 11.7 Å². The van der Waals surface area contributed by atoms with Gasteiger partial charge in [0.2, 0.25) is 0 Å². The summed E-state index contributed by atoms with van der Waals surface area (Å²) >= 11 is 10.5. The molecule has 0 amide bonds. The monoisotopic (exact) mass is 278 g/mol. The highest BCUT2D eigenvalue weighted by atomic mass is 79.9. The molecule has 0 bridgehead atoms. The minimum Gasteiger partial charge on any atom is -0.333 e. The molecule has 2 heterocycles. The van der Waals surface area contributed by atoms with Crippen LogP contribution in [-0.4, -0.2) is 10.1 Å². The average Bonchev–Trinajstić information content (AvgIpc) is 2.71. The molecule has 0 N–H and O–H groups in total. The summed E-state index contributed by atoms with van der Waals surface area (Å²) in [6, 6.07) is 1.94. The predicted octanol–water partition coefficient (Wildman–Crippen LogP) is 3.30. The molecular formula is C7H4BrClN2OS. The third kappa shape index (κ3) is 1.77. The van der Waals surface area contributed by atoms with Crippen molar-refractivity contribution in [2.75, 3.05) is 0 Å². The summed E-state index contributed by atoms with van der Waals surface area (Å²) in [5.74, 6) is 1.29. The van der Waals surface area contributed by atoms with E-state index in [1.165, 1.54) is 0 Å². The zero-order chi connectivity index (χ0) is 9.26. The Bertz CT molecular complexity index is 414. The number of alkyl halides is 1. The van der Waals surface area contributed by atoms with E-state index in [0.717, 1.165) is 9.35 Å². The van der Waals surface area contributed by atoms with Crippen LogP contribution in [0.2, 0.25) is 0 Å². The second kappa shape index (κ2) is 3.77. The highest BCUT2D eigenvalue weighted by Crippen LogP contribution is 2.32. The maximum atomic E-state index is 5.55. The van der Waals surface area contributed by atoms with E-state index in [9.17, 15) is 0 Å². The van der Waals surface area contributed by atoms with Crippen molar-refractivity contribution >= 4 is 38.9 Å². The van der Waals surface area contributed by atoms with Crippen LogP contribution in [0.1, 0.15) is 5.82 Å². The molecule has 0 radical (unpaired) electrons. The van der Waals surface area contributed by atoms with Crippen LogP contribution < -0.4 is 0 Å². The van der Waals surface area contributed by atoms with Crippen molar-refractivity contribution in [3.63, 3.8) is 0 Å². The Balaban J connectivity index is 2.41.